The van der Waals surface area contributed by atoms with E-state index in [1.54, 1.807) is 0 Å². The first-order chi connectivity index (χ1) is 6.53. The van der Waals surface area contributed by atoms with Crippen LogP contribution >= 0.6 is 0 Å². The normalized spacial score (nSPS) is 36.9. The summed E-state index contributed by atoms with van der Waals surface area (Å²) < 4.78 is 22.8. The van der Waals surface area contributed by atoms with Crippen LogP contribution < -0.4 is 5.73 Å². The molecule has 2 rings (SSSR count). The van der Waals surface area contributed by atoms with Gasteiger partial charge in [-0.3, -0.25) is 4.90 Å². The molecule has 2 bridgehead atoms. The zero-order valence-corrected chi connectivity index (χ0v) is 8.57. The van der Waals surface area contributed by atoms with Crippen LogP contribution in [0.15, 0.2) is 0 Å². The first-order valence-electron chi connectivity index (χ1n) is 4.64. The highest BCUT2D eigenvalue weighted by Crippen LogP contribution is 2.32. The fourth-order valence-corrected chi connectivity index (χ4v) is 4.38. The molecule has 0 aromatic carbocycles. The second-order valence-electron chi connectivity index (χ2n) is 4.03. The van der Waals surface area contributed by atoms with Crippen molar-refractivity contribution >= 4 is 9.84 Å². The van der Waals surface area contributed by atoms with E-state index in [1.807, 2.05) is 11.0 Å². The van der Waals surface area contributed by atoms with Crippen molar-refractivity contribution in [2.24, 2.45) is 5.73 Å². The molecule has 2 aliphatic heterocycles. The molecule has 5 nitrogen and oxygen atoms in total. The molecule has 0 aliphatic carbocycles. The summed E-state index contributed by atoms with van der Waals surface area (Å²) in [7, 11) is -2.83. The molecule has 2 N–H and O–H groups in total. The van der Waals surface area contributed by atoms with Crippen LogP contribution in [0, 0.1) is 11.3 Å². The minimum Gasteiger partial charge on any atom is -0.315 e. The summed E-state index contributed by atoms with van der Waals surface area (Å²) in [5.74, 6) is 0.246. The predicted octanol–water partition coefficient (Wildman–Crippen LogP) is -1.29. The summed E-state index contributed by atoms with van der Waals surface area (Å²) in [4.78, 5) is 2.03. The van der Waals surface area contributed by atoms with Gasteiger partial charge >= 0.3 is 0 Å². The van der Waals surface area contributed by atoms with Crippen molar-refractivity contribution in [3.05, 3.63) is 0 Å². The van der Waals surface area contributed by atoms with Gasteiger partial charge in [-0.1, -0.05) is 0 Å². The Hall–Kier alpha value is -0.640. The summed E-state index contributed by atoms with van der Waals surface area (Å²) in [6.07, 6.45) is 0.723. The van der Waals surface area contributed by atoms with Crippen molar-refractivity contribution in [2.45, 2.75) is 23.8 Å². The lowest BCUT2D eigenvalue weighted by Gasteiger charge is -2.27. The lowest BCUT2D eigenvalue weighted by atomic mass is 10.2. The van der Waals surface area contributed by atoms with Gasteiger partial charge in [0, 0.05) is 19.1 Å². The predicted molar refractivity (Wildman–Crippen MR) is 51.1 cm³/mol. The Bertz CT molecular complexity index is 373. The van der Waals surface area contributed by atoms with E-state index in [4.69, 9.17) is 11.0 Å². The maximum atomic E-state index is 11.4. The average Bonchev–Trinajstić information content (AvgIpc) is 2.59. The molecule has 2 aliphatic rings. The van der Waals surface area contributed by atoms with Crippen molar-refractivity contribution in [3.8, 4) is 6.07 Å². The van der Waals surface area contributed by atoms with Gasteiger partial charge in [0.2, 0.25) is 0 Å². The molecule has 2 fully saturated rings. The molecule has 14 heavy (non-hydrogen) atoms. The summed E-state index contributed by atoms with van der Waals surface area (Å²) in [6, 6.07) is 1.56. The number of sulfone groups is 1. The minimum absolute atomic E-state index is 0.101. The first-order valence-corrected chi connectivity index (χ1v) is 6.35. The van der Waals surface area contributed by atoms with E-state index < -0.39 is 15.9 Å². The zero-order chi connectivity index (χ0) is 10.3. The van der Waals surface area contributed by atoms with Gasteiger partial charge in [-0.25, -0.2) is 8.42 Å². The largest absolute Gasteiger partial charge is 0.315 e. The Kier molecular flexibility index (Phi) is 2.26. The van der Waals surface area contributed by atoms with Crippen molar-refractivity contribution in [1.82, 2.24) is 4.90 Å². The average molecular weight is 215 g/mol. The van der Waals surface area contributed by atoms with Crippen LogP contribution in [0.25, 0.3) is 0 Å². The van der Waals surface area contributed by atoms with Gasteiger partial charge in [0.1, 0.15) is 6.04 Å². The highest BCUT2D eigenvalue weighted by atomic mass is 32.2. The summed E-state index contributed by atoms with van der Waals surface area (Å²) in [6.45, 7) is 1.05. The summed E-state index contributed by atoms with van der Waals surface area (Å²) in [5.41, 5.74) is 5.50. The standard InChI is InChI=1S/C8H13N3O2S/c9-2-6(10)3-11-4-8-1-7(11)5-14(8,12)13/h6-8H,1,3-5,10H2. The van der Waals surface area contributed by atoms with E-state index in [0.717, 1.165) is 6.42 Å². The molecule has 78 valence electrons. The van der Waals surface area contributed by atoms with Gasteiger partial charge in [0.15, 0.2) is 9.84 Å². The fraction of sp³-hybridized carbons (Fsp3) is 0.875. The molecule has 0 radical (unpaired) electrons. The lowest BCUT2D eigenvalue weighted by Crippen LogP contribution is -2.45. The first kappa shape index (κ1) is 9.90. The molecular formula is C8H13N3O2S. The van der Waals surface area contributed by atoms with Crippen molar-refractivity contribution in [3.63, 3.8) is 0 Å². The number of nitriles is 1. The van der Waals surface area contributed by atoms with Crippen molar-refractivity contribution in [1.29, 1.82) is 5.26 Å². The Morgan fingerprint density at radius 2 is 2.36 bits per heavy atom. The van der Waals surface area contributed by atoms with Crippen LogP contribution in [0.4, 0.5) is 0 Å². The highest BCUT2D eigenvalue weighted by Gasteiger charge is 2.48. The van der Waals surface area contributed by atoms with Crippen LogP contribution in [0.3, 0.4) is 0 Å². The fourth-order valence-electron chi connectivity index (χ4n) is 2.29. The van der Waals surface area contributed by atoms with E-state index >= 15 is 0 Å². The molecule has 0 aromatic rings. The third-order valence-corrected chi connectivity index (χ3v) is 5.23. The molecule has 2 saturated heterocycles. The maximum Gasteiger partial charge on any atom is 0.156 e. The minimum atomic E-state index is -2.83. The lowest BCUT2D eigenvalue weighted by molar-refractivity contribution is 0.261. The van der Waals surface area contributed by atoms with Gasteiger partial charge in [0.25, 0.3) is 0 Å². The number of likely N-dealkylation sites (tertiary alicyclic amines) is 1. The van der Waals surface area contributed by atoms with Gasteiger partial charge < -0.3 is 5.73 Å². The van der Waals surface area contributed by atoms with Gasteiger partial charge in [-0.15, -0.1) is 0 Å². The van der Waals surface area contributed by atoms with E-state index in [9.17, 15) is 8.42 Å². The number of fused-ring (bicyclic) bond motifs is 2. The van der Waals surface area contributed by atoms with Gasteiger partial charge in [0.05, 0.1) is 17.1 Å². The van der Waals surface area contributed by atoms with E-state index in [-0.39, 0.29) is 17.0 Å². The maximum absolute atomic E-state index is 11.4. The van der Waals surface area contributed by atoms with E-state index in [0.29, 0.717) is 13.1 Å². The van der Waals surface area contributed by atoms with Gasteiger partial charge in [-0.05, 0) is 6.42 Å². The topological polar surface area (TPSA) is 87.2 Å². The molecule has 0 saturated carbocycles. The molecule has 0 spiro atoms. The van der Waals surface area contributed by atoms with Gasteiger partial charge in [-0.2, -0.15) is 5.26 Å². The summed E-state index contributed by atoms with van der Waals surface area (Å²) in [5, 5.41) is 8.34. The zero-order valence-electron chi connectivity index (χ0n) is 7.76. The number of nitrogens with zero attached hydrogens (tertiary/aromatic N) is 2. The molecular weight excluding hydrogens is 202 g/mol. The monoisotopic (exact) mass is 215 g/mol. The Labute approximate surface area is 83.4 Å². The van der Waals surface area contributed by atoms with Crippen LogP contribution in [0.2, 0.25) is 0 Å². The van der Waals surface area contributed by atoms with Crippen molar-refractivity contribution in [2.75, 3.05) is 18.8 Å². The van der Waals surface area contributed by atoms with Crippen LogP contribution in [-0.4, -0.2) is 49.5 Å². The smallest absolute Gasteiger partial charge is 0.156 e. The van der Waals surface area contributed by atoms with Crippen LogP contribution in [0.1, 0.15) is 6.42 Å². The molecule has 3 unspecified atom stereocenters. The third-order valence-electron chi connectivity index (χ3n) is 3.02. The Morgan fingerprint density at radius 1 is 1.64 bits per heavy atom. The Balaban J connectivity index is 2.01. The highest BCUT2D eigenvalue weighted by molar-refractivity contribution is 7.92. The third kappa shape index (κ3) is 1.52. The molecule has 0 aromatic heterocycles. The molecule has 0 amide bonds. The van der Waals surface area contributed by atoms with Crippen LogP contribution in [0.5, 0.6) is 0 Å². The number of nitrogens with two attached hydrogens (primary N) is 1. The van der Waals surface area contributed by atoms with Crippen molar-refractivity contribution < 1.29 is 8.42 Å². The second-order valence-corrected chi connectivity index (χ2v) is 6.36. The van der Waals surface area contributed by atoms with Crippen LogP contribution in [-0.2, 0) is 9.84 Å². The number of hydrogen-bond acceptors (Lipinski definition) is 5. The molecule has 3 atom stereocenters. The quantitative estimate of drug-likeness (QED) is 0.619. The Morgan fingerprint density at radius 3 is 2.79 bits per heavy atom. The SMILES string of the molecule is N#CC(N)CN1CC2CC1CS2(=O)=O. The van der Waals surface area contributed by atoms with E-state index in [1.165, 1.54) is 0 Å². The molecule has 2 heterocycles. The summed E-state index contributed by atoms with van der Waals surface area (Å²) >= 11 is 0. The second kappa shape index (κ2) is 3.19. The number of rotatable bonds is 2. The number of hydrogen-bond donors (Lipinski definition) is 1. The van der Waals surface area contributed by atoms with E-state index in [2.05, 4.69) is 0 Å². The molecule has 6 heteroatoms.